The molecule has 2 rings (SSSR count). The third-order valence-electron chi connectivity index (χ3n) is 4.32. The molecule has 2 heterocycles. The number of rotatable bonds is 1. The molecule has 2 aliphatic rings. The summed E-state index contributed by atoms with van der Waals surface area (Å²) >= 11 is 0. The van der Waals surface area contributed by atoms with E-state index in [1.165, 1.54) is 0 Å². The second-order valence-electron chi connectivity index (χ2n) is 6.52. The molecule has 0 radical (unpaired) electrons. The van der Waals surface area contributed by atoms with Crippen molar-refractivity contribution in [3.8, 4) is 0 Å². The average Bonchev–Trinajstić information content (AvgIpc) is 2.75. The van der Waals surface area contributed by atoms with Gasteiger partial charge >= 0.3 is 0 Å². The Morgan fingerprint density at radius 2 is 1.67 bits per heavy atom. The minimum absolute atomic E-state index is 0.0204. The Hall–Kier alpha value is -0.610. The largest absolute Gasteiger partial charge is 0.347 e. The molecule has 0 aliphatic carbocycles. The fraction of sp³-hybridized carbons (Fsp3) is 0.929. The van der Waals surface area contributed by atoms with E-state index in [2.05, 4.69) is 20.8 Å². The molecule has 18 heavy (non-hydrogen) atoms. The highest BCUT2D eigenvalue weighted by Gasteiger charge is 2.42. The van der Waals surface area contributed by atoms with E-state index >= 15 is 0 Å². The summed E-state index contributed by atoms with van der Waals surface area (Å²) in [5.41, 5.74) is 0.0204. The smallest absolute Gasteiger partial charge is 0.225 e. The normalized spacial score (nSPS) is 25.4. The van der Waals surface area contributed by atoms with Crippen LogP contribution in [-0.4, -0.2) is 42.9 Å². The number of carbonyl (C=O) groups is 1. The van der Waals surface area contributed by atoms with Gasteiger partial charge in [0, 0.05) is 31.8 Å². The second-order valence-corrected chi connectivity index (χ2v) is 6.52. The van der Waals surface area contributed by atoms with Gasteiger partial charge in [0.2, 0.25) is 5.91 Å². The maximum Gasteiger partial charge on any atom is 0.225 e. The van der Waals surface area contributed by atoms with E-state index in [4.69, 9.17) is 9.47 Å². The Balaban J connectivity index is 1.91. The zero-order valence-corrected chi connectivity index (χ0v) is 12.0. The molecular weight excluding hydrogens is 230 g/mol. The summed E-state index contributed by atoms with van der Waals surface area (Å²) in [4.78, 5) is 14.4. The predicted molar refractivity (Wildman–Crippen MR) is 69.1 cm³/mol. The van der Waals surface area contributed by atoms with Gasteiger partial charge in [0.1, 0.15) is 0 Å². The van der Waals surface area contributed by atoms with E-state index in [0.717, 1.165) is 25.9 Å². The number of nitrogens with zero attached hydrogens (tertiary/aromatic N) is 1. The molecule has 4 nitrogen and oxygen atoms in total. The van der Waals surface area contributed by atoms with Gasteiger partial charge in [-0.3, -0.25) is 4.79 Å². The van der Waals surface area contributed by atoms with Crippen molar-refractivity contribution in [1.82, 2.24) is 4.90 Å². The molecule has 1 amide bonds. The molecule has 0 N–H and O–H groups in total. The Morgan fingerprint density at radius 3 is 2.11 bits per heavy atom. The molecule has 2 fully saturated rings. The molecule has 0 bridgehead atoms. The van der Waals surface area contributed by atoms with E-state index in [1.54, 1.807) is 0 Å². The van der Waals surface area contributed by atoms with Gasteiger partial charge in [-0.15, -0.1) is 0 Å². The Labute approximate surface area is 110 Å². The van der Waals surface area contributed by atoms with Crippen molar-refractivity contribution < 1.29 is 14.3 Å². The van der Waals surface area contributed by atoms with Gasteiger partial charge in [0.25, 0.3) is 0 Å². The summed E-state index contributed by atoms with van der Waals surface area (Å²) in [7, 11) is 0. The van der Waals surface area contributed by atoms with Crippen molar-refractivity contribution in [1.29, 1.82) is 0 Å². The monoisotopic (exact) mass is 255 g/mol. The van der Waals surface area contributed by atoms with Crippen LogP contribution in [0.3, 0.4) is 0 Å². The lowest BCUT2D eigenvalue weighted by Crippen LogP contribution is -2.50. The number of amides is 1. The molecule has 1 atom stereocenters. The first-order valence-electron chi connectivity index (χ1n) is 6.91. The minimum atomic E-state index is -0.387. The first-order valence-corrected chi connectivity index (χ1v) is 6.91. The van der Waals surface area contributed by atoms with Crippen LogP contribution in [0.4, 0.5) is 0 Å². The highest BCUT2D eigenvalue weighted by Crippen LogP contribution is 2.33. The molecule has 2 saturated heterocycles. The molecule has 0 saturated carbocycles. The van der Waals surface area contributed by atoms with Crippen molar-refractivity contribution in [2.75, 3.05) is 26.3 Å². The Kier molecular flexibility index (Phi) is 3.70. The number of hydrogen-bond acceptors (Lipinski definition) is 3. The number of piperidine rings is 1. The van der Waals surface area contributed by atoms with Crippen LogP contribution in [-0.2, 0) is 14.3 Å². The summed E-state index contributed by atoms with van der Waals surface area (Å²) < 4.78 is 11.4. The zero-order valence-electron chi connectivity index (χ0n) is 12.0. The highest BCUT2D eigenvalue weighted by molar-refractivity contribution is 5.79. The molecule has 0 aromatic heterocycles. The van der Waals surface area contributed by atoms with Crippen molar-refractivity contribution in [3.63, 3.8) is 0 Å². The number of hydrogen-bond donors (Lipinski definition) is 0. The fourth-order valence-electron chi connectivity index (χ4n) is 2.50. The number of ether oxygens (including phenoxy) is 2. The first kappa shape index (κ1) is 13.8. The van der Waals surface area contributed by atoms with E-state index in [1.807, 2.05) is 11.8 Å². The topological polar surface area (TPSA) is 38.8 Å². The van der Waals surface area contributed by atoms with Gasteiger partial charge in [0.15, 0.2) is 5.79 Å². The van der Waals surface area contributed by atoms with E-state index in [0.29, 0.717) is 13.2 Å². The van der Waals surface area contributed by atoms with E-state index in [9.17, 15) is 4.79 Å². The van der Waals surface area contributed by atoms with Crippen molar-refractivity contribution >= 4 is 5.91 Å². The number of carbonyl (C=O) groups excluding carboxylic acids is 1. The van der Waals surface area contributed by atoms with Gasteiger partial charge in [-0.05, 0) is 5.41 Å². The van der Waals surface area contributed by atoms with Crippen molar-refractivity contribution in [3.05, 3.63) is 0 Å². The van der Waals surface area contributed by atoms with Crippen molar-refractivity contribution in [2.45, 2.75) is 46.3 Å². The maximum absolute atomic E-state index is 12.4. The molecule has 2 aliphatic heterocycles. The maximum atomic E-state index is 12.4. The molecule has 1 spiro atoms. The molecule has 4 heteroatoms. The van der Waals surface area contributed by atoms with Gasteiger partial charge in [0.05, 0.1) is 13.2 Å². The van der Waals surface area contributed by atoms with Crippen LogP contribution in [0.1, 0.15) is 40.5 Å². The standard InChI is InChI=1S/C14H25NO3/c1-11(13(2,3)4)12(16)15-7-5-14(6-8-15)17-9-10-18-14/h11H,5-10H2,1-4H3. The van der Waals surface area contributed by atoms with Gasteiger partial charge in [-0.1, -0.05) is 27.7 Å². The fourth-order valence-corrected chi connectivity index (χ4v) is 2.50. The van der Waals surface area contributed by atoms with Gasteiger partial charge in [-0.2, -0.15) is 0 Å². The Bertz CT molecular complexity index is 305. The summed E-state index contributed by atoms with van der Waals surface area (Å²) in [5, 5.41) is 0. The summed E-state index contributed by atoms with van der Waals surface area (Å²) in [6.07, 6.45) is 1.60. The Morgan fingerprint density at radius 1 is 1.17 bits per heavy atom. The summed E-state index contributed by atoms with van der Waals surface area (Å²) in [6.45, 7) is 11.2. The highest BCUT2D eigenvalue weighted by atomic mass is 16.7. The van der Waals surface area contributed by atoms with Crippen LogP contribution < -0.4 is 0 Å². The predicted octanol–water partition coefficient (Wildman–Crippen LogP) is 2.03. The van der Waals surface area contributed by atoms with Crippen LogP contribution in [0, 0.1) is 11.3 Å². The van der Waals surface area contributed by atoms with Crippen LogP contribution in [0.2, 0.25) is 0 Å². The van der Waals surface area contributed by atoms with Crippen LogP contribution >= 0.6 is 0 Å². The summed E-state index contributed by atoms with van der Waals surface area (Å²) in [6, 6.07) is 0. The zero-order chi connectivity index (χ0) is 13.4. The quantitative estimate of drug-likeness (QED) is 0.719. The second kappa shape index (κ2) is 4.82. The summed E-state index contributed by atoms with van der Waals surface area (Å²) in [5.74, 6) is -0.0748. The third-order valence-corrected chi connectivity index (χ3v) is 4.32. The minimum Gasteiger partial charge on any atom is -0.347 e. The molecule has 0 aromatic rings. The first-order chi connectivity index (χ1) is 8.34. The number of likely N-dealkylation sites (tertiary alicyclic amines) is 1. The van der Waals surface area contributed by atoms with Gasteiger partial charge in [-0.25, -0.2) is 0 Å². The average molecular weight is 255 g/mol. The van der Waals surface area contributed by atoms with E-state index < -0.39 is 0 Å². The SMILES string of the molecule is CC(C(=O)N1CCC2(CC1)OCCO2)C(C)(C)C. The molecular formula is C14H25NO3. The third kappa shape index (κ3) is 2.69. The lowest BCUT2D eigenvalue weighted by atomic mass is 9.81. The van der Waals surface area contributed by atoms with Crippen molar-refractivity contribution in [2.24, 2.45) is 11.3 Å². The molecule has 1 unspecified atom stereocenters. The van der Waals surface area contributed by atoms with Crippen LogP contribution in [0.15, 0.2) is 0 Å². The van der Waals surface area contributed by atoms with Gasteiger partial charge < -0.3 is 14.4 Å². The lowest BCUT2D eigenvalue weighted by molar-refractivity contribution is -0.188. The molecule has 0 aromatic carbocycles. The van der Waals surface area contributed by atoms with E-state index in [-0.39, 0.29) is 23.0 Å². The molecule has 104 valence electrons. The van der Waals surface area contributed by atoms with Crippen LogP contribution in [0.25, 0.3) is 0 Å². The van der Waals surface area contributed by atoms with Crippen LogP contribution in [0.5, 0.6) is 0 Å². The lowest BCUT2D eigenvalue weighted by Gasteiger charge is -2.40.